The second kappa shape index (κ2) is 15.4. The number of nitrogens with one attached hydrogen (secondary N) is 2. The summed E-state index contributed by atoms with van der Waals surface area (Å²) in [6, 6.07) is 0. The van der Waals surface area contributed by atoms with Crippen LogP contribution in [0.2, 0.25) is 0 Å². The third kappa shape index (κ3) is 11.4. The van der Waals surface area contributed by atoms with Gasteiger partial charge in [-0.15, -0.1) is 24.0 Å². The second-order valence-electron chi connectivity index (χ2n) is 6.50. The zero-order chi connectivity index (χ0) is 17.6. The fourth-order valence-corrected chi connectivity index (χ4v) is 2.40. The van der Waals surface area contributed by atoms with Crippen LogP contribution in [0.25, 0.3) is 0 Å². The molecule has 6 nitrogen and oxygen atoms in total. The average molecular weight is 465 g/mol. The van der Waals surface area contributed by atoms with Gasteiger partial charge in [0.05, 0.1) is 0 Å². The van der Waals surface area contributed by atoms with Gasteiger partial charge < -0.3 is 15.2 Å². The van der Waals surface area contributed by atoms with Crippen molar-refractivity contribution < 1.29 is 4.52 Å². The summed E-state index contributed by atoms with van der Waals surface area (Å²) in [7, 11) is 1.80. The molecule has 2 N–H and O–H groups in total. The van der Waals surface area contributed by atoms with Crippen molar-refractivity contribution in [1.82, 2.24) is 20.8 Å². The van der Waals surface area contributed by atoms with Crippen LogP contribution in [0.5, 0.6) is 0 Å². The molecule has 1 rings (SSSR count). The van der Waals surface area contributed by atoms with Gasteiger partial charge in [-0.2, -0.15) is 4.98 Å². The van der Waals surface area contributed by atoms with Gasteiger partial charge in [0.25, 0.3) is 0 Å². The van der Waals surface area contributed by atoms with E-state index in [4.69, 9.17) is 4.52 Å². The Bertz CT molecular complexity index is 462. The number of hydrogen-bond donors (Lipinski definition) is 2. The van der Waals surface area contributed by atoms with Crippen LogP contribution in [-0.4, -0.2) is 36.2 Å². The number of rotatable bonds is 12. The van der Waals surface area contributed by atoms with E-state index in [2.05, 4.69) is 46.5 Å². The van der Waals surface area contributed by atoms with Crippen molar-refractivity contribution in [2.45, 2.75) is 78.1 Å². The minimum atomic E-state index is 0. The normalized spacial score (nSPS) is 11.5. The molecule has 0 bridgehead atoms. The van der Waals surface area contributed by atoms with Gasteiger partial charge in [0.1, 0.15) is 0 Å². The molecule has 0 radical (unpaired) electrons. The molecule has 0 saturated carbocycles. The van der Waals surface area contributed by atoms with Crippen LogP contribution in [0.4, 0.5) is 0 Å². The molecule has 0 unspecified atom stereocenters. The lowest BCUT2D eigenvalue weighted by atomic mass is 10.1. The fraction of sp³-hybridized carbons (Fsp3) is 0.833. The largest absolute Gasteiger partial charge is 0.356 e. The molecule has 25 heavy (non-hydrogen) atoms. The third-order valence-corrected chi connectivity index (χ3v) is 3.93. The van der Waals surface area contributed by atoms with Crippen molar-refractivity contribution in [1.29, 1.82) is 0 Å². The molecule has 0 aliphatic heterocycles. The molecule has 0 aliphatic carbocycles. The Morgan fingerprint density at radius 2 is 1.68 bits per heavy atom. The summed E-state index contributed by atoms with van der Waals surface area (Å²) in [5.41, 5.74) is 0. The number of aliphatic imine (C=N–C) groups is 1. The van der Waals surface area contributed by atoms with Crippen LogP contribution >= 0.6 is 24.0 Å². The Kier molecular flexibility index (Phi) is 14.9. The average Bonchev–Trinajstić information content (AvgIpc) is 3.04. The fourth-order valence-electron chi connectivity index (χ4n) is 2.40. The highest BCUT2D eigenvalue weighted by molar-refractivity contribution is 14.0. The molecule has 1 aromatic rings. The number of guanidine groups is 1. The van der Waals surface area contributed by atoms with E-state index in [-0.39, 0.29) is 24.0 Å². The Morgan fingerprint density at radius 1 is 1.04 bits per heavy atom. The molecule has 146 valence electrons. The van der Waals surface area contributed by atoms with Gasteiger partial charge in [-0.25, -0.2) is 0 Å². The maximum Gasteiger partial charge on any atom is 0.228 e. The predicted molar refractivity (Wildman–Crippen MR) is 115 cm³/mol. The van der Waals surface area contributed by atoms with Crippen molar-refractivity contribution in [2.24, 2.45) is 4.99 Å². The minimum Gasteiger partial charge on any atom is -0.356 e. The summed E-state index contributed by atoms with van der Waals surface area (Å²) in [5, 5.41) is 10.6. The maximum absolute atomic E-state index is 5.23. The SMILES string of the molecule is CCCCCCCCCNC(=NC)NCCc1nc(C(C)C)no1.I. The third-order valence-electron chi connectivity index (χ3n) is 3.93. The van der Waals surface area contributed by atoms with Gasteiger partial charge in [0.2, 0.25) is 5.89 Å². The standard InChI is InChI=1S/C18H35N5O.HI/c1-5-6-7-8-9-10-11-13-20-18(19-4)21-14-12-16-22-17(15(2)3)23-24-16;/h15H,5-14H2,1-4H3,(H2,19,20,21);1H. The van der Waals surface area contributed by atoms with E-state index < -0.39 is 0 Å². The first kappa shape index (κ1) is 24.1. The van der Waals surface area contributed by atoms with Crippen molar-refractivity contribution >= 4 is 29.9 Å². The van der Waals surface area contributed by atoms with Crippen molar-refractivity contribution in [3.63, 3.8) is 0 Å². The summed E-state index contributed by atoms with van der Waals surface area (Å²) in [4.78, 5) is 8.61. The van der Waals surface area contributed by atoms with Gasteiger partial charge in [-0.05, 0) is 6.42 Å². The number of hydrogen-bond acceptors (Lipinski definition) is 4. The van der Waals surface area contributed by atoms with Gasteiger partial charge in [-0.1, -0.05) is 64.5 Å². The quantitative estimate of drug-likeness (QED) is 0.209. The number of aromatic nitrogens is 2. The molecule has 0 atom stereocenters. The second-order valence-corrected chi connectivity index (χ2v) is 6.50. The molecular weight excluding hydrogens is 429 g/mol. The summed E-state index contributed by atoms with van der Waals surface area (Å²) in [6.07, 6.45) is 9.94. The summed E-state index contributed by atoms with van der Waals surface area (Å²) < 4.78 is 5.23. The number of unbranched alkanes of at least 4 members (excludes halogenated alkanes) is 6. The lowest BCUT2D eigenvalue weighted by Crippen LogP contribution is -2.38. The Balaban J connectivity index is 0.00000576. The van der Waals surface area contributed by atoms with E-state index >= 15 is 0 Å². The summed E-state index contributed by atoms with van der Waals surface area (Å²) in [6.45, 7) is 8.07. The molecule has 0 fully saturated rings. The van der Waals surface area contributed by atoms with E-state index in [9.17, 15) is 0 Å². The molecule has 0 spiro atoms. The van der Waals surface area contributed by atoms with Crippen LogP contribution in [0.15, 0.2) is 9.52 Å². The Morgan fingerprint density at radius 3 is 2.28 bits per heavy atom. The molecule has 0 aliphatic rings. The van der Waals surface area contributed by atoms with Gasteiger partial charge in [0, 0.05) is 32.5 Å². The van der Waals surface area contributed by atoms with E-state index in [1.165, 1.54) is 44.9 Å². The van der Waals surface area contributed by atoms with Crippen molar-refractivity contribution in [3.05, 3.63) is 11.7 Å². The molecule has 0 aromatic carbocycles. The number of nitrogens with zero attached hydrogens (tertiary/aromatic N) is 3. The van der Waals surface area contributed by atoms with E-state index in [0.29, 0.717) is 18.2 Å². The summed E-state index contributed by atoms with van der Waals surface area (Å²) in [5.74, 6) is 2.58. The Labute approximate surface area is 170 Å². The predicted octanol–water partition coefficient (Wildman–Crippen LogP) is 4.27. The van der Waals surface area contributed by atoms with Crippen LogP contribution < -0.4 is 10.6 Å². The lowest BCUT2D eigenvalue weighted by Gasteiger charge is -2.10. The van der Waals surface area contributed by atoms with E-state index in [1.807, 2.05) is 0 Å². The lowest BCUT2D eigenvalue weighted by molar-refractivity contribution is 0.371. The van der Waals surface area contributed by atoms with Gasteiger partial charge in [0.15, 0.2) is 11.8 Å². The van der Waals surface area contributed by atoms with Crippen LogP contribution in [-0.2, 0) is 6.42 Å². The highest BCUT2D eigenvalue weighted by atomic mass is 127. The topological polar surface area (TPSA) is 75.3 Å². The zero-order valence-electron chi connectivity index (χ0n) is 16.3. The van der Waals surface area contributed by atoms with Crippen LogP contribution in [0.1, 0.15) is 83.3 Å². The minimum absolute atomic E-state index is 0. The monoisotopic (exact) mass is 465 g/mol. The van der Waals surface area contributed by atoms with Gasteiger partial charge in [-0.3, -0.25) is 4.99 Å². The van der Waals surface area contributed by atoms with Crippen LogP contribution in [0.3, 0.4) is 0 Å². The highest BCUT2D eigenvalue weighted by Gasteiger charge is 2.09. The van der Waals surface area contributed by atoms with Crippen molar-refractivity contribution in [2.75, 3.05) is 20.1 Å². The molecule has 1 aromatic heterocycles. The van der Waals surface area contributed by atoms with E-state index in [0.717, 1.165) is 24.9 Å². The van der Waals surface area contributed by atoms with Crippen molar-refractivity contribution in [3.8, 4) is 0 Å². The molecular formula is C18H36IN5O. The molecule has 1 heterocycles. The molecule has 0 amide bonds. The highest BCUT2D eigenvalue weighted by Crippen LogP contribution is 2.09. The zero-order valence-corrected chi connectivity index (χ0v) is 18.6. The first-order chi connectivity index (χ1) is 11.7. The molecule has 7 heteroatoms. The Hall–Kier alpha value is -0.860. The maximum atomic E-state index is 5.23. The number of halogens is 1. The first-order valence-corrected chi connectivity index (χ1v) is 9.44. The van der Waals surface area contributed by atoms with E-state index in [1.54, 1.807) is 7.05 Å². The molecule has 0 saturated heterocycles. The van der Waals surface area contributed by atoms with Crippen LogP contribution in [0, 0.1) is 0 Å². The summed E-state index contributed by atoms with van der Waals surface area (Å²) >= 11 is 0. The first-order valence-electron chi connectivity index (χ1n) is 9.44. The smallest absolute Gasteiger partial charge is 0.228 e. The van der Waals surface area contributed by atoms with Gasteiger partial charge >= 0.3 is 0 Å².